The number of rotatable bonds is 0. The summed E-state index contributed by atoms with van der Waals surface area (Å²) in [4.78, 5) is 14.4. The van der Waals surface area contributed by atoms with E-state index >= 15 is 0 Å². The lowest BCUT2D eigenvalue weighted by atomic mass is 10.4. The first kappa shape index (κ1) is 6.39. The summed E-state index contributed by atoms with van der Waals surface area (Å²) in [6, 6.07) is 1.89. The van der Waals surface area contributed by atoms with Crippen LogP contribution in [0.1, 0.15) is 6.42 Å². The average Bonchev–Trinajstić information content (AvgIpc) is 2.04. The second-order valence-corrected chi connectivity index (χ2v) is 2.44. The van der Waals surface area contributed by atoms with Crippen molar-refractivity contribution in [2.45, 2.75) is 13.0 Å². The van der Waals surface area contributed by atoms with Gasteiger partial charge in [-0.1, -0.05) is 0 Å². The molecule has 4 heteroatoms. The Balaban J connectivity index is 2.51. The maximum atomic E-state index is 10.7. The number of aryl methyl sites for hydroxylation is 1. The van der Waals surface area contributed by atoms with Crippen LogP contribution in [0, 0.1) is 0 Å². The van der Waals surface area contributed by atoms with Crippen LogP contribution in [0.4, 0.5) is 0 Å². The lowest BCUT2D eigenvalue weighted by molar-refractivity contribution is 0.224. The van der Waals surface area contributed by atoms with Gasteiger partial charge in [-0.25, -0.2) is 0 Å². The number of fused-ring (bicyclic) bond motifs is 1. The van der Waals surface area contributed by atoms with Crippen molar-refractivity contribution in [3.8, 4) is 6.01 Å². The molecule has 4 nitrogen and oxygen atoms in total. The first-order valence-corrected chi connectivity index (χ1v) is 3.56. The zero-order chi connectivity index (χ0) is 7.68. The number of aromatic nitrogens is 2. The maximum Gasteiger partial charge on any atom is 0.299 e. The van der Waals surface area contributed by atoms with Crippen molar-refractivity contribution < 1.29 is 4.74 Å². The molecule has 0 aliphatic carbocycles. The first-order valence-electron chi connectivity index (χ1n) is 3.56. The van der Waals surface area contributed by atoms with Crippen LogP contribution in [0.15, 0.2) is 17.1 Å². The Kier molecular flexibility index (Phi) is 1.38. The fourth-order valence-electron chi connectivity index (χ4n) is 1.10. The summed E-state index contributed by atoms with van der Waals surface area (Å²) in [7, 11) is 0. The standard InChI is InChI=1S/C7H8N2O2/c10-6-2-4-9-3-1-5-11-7(9)8-6/h2,4H,1,3,5H2. The number of ether oxygens (including phenoxy) is 1. The molecule has 0 saturated carbocycles. The fourth-order valence-corrected chi connectivity index (χ4v) is 1.10. The second kappa shape index (κ2) is 2.38. The van der Waals surface area contributed by atoms with Crippen molar-refractivity contribution >= 4 is 0 Å². The molecule has 0 aromatic carbocycles. The Morgan fingerprint density at radius 1 is 1.64 bits per heavy atom. The second-order valence-electron chi connectivity index (χ2n) is 2.44. The quantitative estimate of drug-likeness (QED) is 0.526. The van der Waals surface area contributed by atoms with Gasteiger partial charge in [-0.3, -0.25) is 4.79 Å². The highest BCUT2D eigenvalue weighted by atomic mass is 16.5. The van der Waals surface area contributed by atoms with Crippen molar-refractivity contribution in [2.24, 2.45) is 0 Å². The van der Waals surface area contributed by atoms with Crippen molar-refractivity contribution in [3.63, 3.8) is 0 Å². The van der Waals surface area contributed by atoms with E-state index in [9.17, 15) is 4.79 Å². The van der Waals surface area contributed by atoms with E-state index in [1.807, 2.05) is 4.57 Å². The van der Waals surface area contributed by atoms with Gasteiger partial charge in [0.2, 0.25) is 0 Å². The lowest BCUT2D eigenvalue weighted by Gasteiger charge is -2.16. The van der Waals surface area contributed by atoms with Gasteiger partial charge in [0.15, 0.2) is 0 Å². The minimum atomic E-state index is -0.238. The SMILES string of the molecule is O=c1ccn2c(n1)OCCC2. The maximum absolute atomic E-state index is 10.7. The third-order valence-corrected chi connectivity index (χ3v) is 1.62. The van der Waals surface area contributed by atoms with Crippen LogP contribution >= 0.6 is 0 Å². The summed E-state index contributed by atoms with van der Waals surface area (Å²) in [6.07, 6.45) is 2.70. The number of nitrogens with zero attached hydrogens (tertiary/aromatic N) is 2. The van der Waals surface area contributed by atoms with E-state index in [-0.39, 0.29) is 5.56 Å². The average molecular weight is 152 g/mol. The Labute approximate surface area is 63.4 Å². The fraction of sp³-hybridized carbons (Fsp3) is 0.429. The van der Waals surface area contributed by atoms with E-state index in [0.717, 1.165) is 13.0 Å². The molecule has 0 unspecified atom stereocenters. The zero-order valence-electron chi connectivity index (χ0n) is 5.99. The monoisotopic (exact) mass is 152 g/mol. The predicted molar refractivity (Wildman–Crippen MR) is 38.6 cm³/mol. The van der Waals surface area contributed by atoms with Crippen LogP contribution in [0.3, 0.4) is 0 Å². The van der Waals surface area contributed by atoms with Crippen LogP contribution in [-0.4, -0.2) is 16.2 Å². The molecule has 0 atom stereocenters. The van der Waals surface area contributed by atoms with Crippen LogP contribution in [0.25, 0.3) is 0 Å². The van der Waals surface area contributed by atoms with E-state index in [0.29, 0.717) is 12.6 Å². The summed E-state index contributed by atoms with van der Waals surface area (Å²) in [5.74, 6) is 0. The molecule has 2 heterocycles. The molecule has 58 valence electrons. The van der Waals surface area contributed by atoms with Gasteiger partial charge in [0.05, 0.1) is 6.61 Å². The molecule has 1 aliphatic rings. The minimum Gasteiger partial charge on any atom is -0.465 e. The molecule has 1 aliphatic heterocycles. The third kappa shape index (κ3) is 1.11. The van der Waals surface area contributed by atoms with Crippen molar-refractivity contribution in [1.82, 2.24) is 9.55 Å². The Morgan fingerprint density at radius 2 is 2.55 bits per heavy atom. The van der Waals surface area contributed by atoms with Gasteiger partial charge in [0, 0.05) is 18.8 Å². The van der Waals surface area contributed by atoms with Gasteiger partial charge >= 0.3 is 0 Å². The normalized spacial score (nSPS) is 15.3. The van der Waals surface area contributed by atoms with Crippen LogP contribution < -0.4 is 10.3 Å². The summed E-state index contributed by atoms with van der Waals surface area (Å²) >= 11 is 0. The van der Waals surface area contributed by atoms with Crippen molar-refractivity contribution in [3.05, 3.63) is 22.6 Å². The van der Waals surface area contributed by atoms with Crippen LogP contribution in [0.5, 0.6) is 6.01 Å². The molecule has 11 heavy (non-hydrogen) atoms. The van der Waals surface area contributed by atoms with Crippen molar-refractivity contribution in [1.29, 1.82) is 0 Å². The van der Waals surface area contributed by atoms with Gasteiger partial charge in [-0.2, -0.15) is 4.98 Å². The lowest BCUT2D eigenvalue weighted by Crippen LogP contribution is -2.20. The van der Waals surface area contributed by atoms with E-state index in [4.69, 9.17) is 4.74 Å². The Bertz CT molecular complexity index is 318. The highest BCUT2D eigenvalue weighted by Crippen LogP contribution is 2.09. The van der Waals surface area contributed by atoms with Crippen molar-refractivity contribution in [2.75, 3.05) is 6.61 Å². The molecule has 1 aromatic rings. The first-order chi connectivity index (χ1) is 5.36. The van der Waals surface area contributed by atoms with Gasteiger partial charge < -0.3 is 9.30 Å². The number of hydrogen-bond acceptors (Lipinski definition) is 3. The summed E-state index contributed by atoms with van der Waals surface area (Å²) in [5, 5.41) is 0. The summed E-state index contributed by atoms with van der Waals surface area (Å²) in [5.41, 5.74) is -0.238. The molecule has 0 radical (unpaired) electrons. The number of hydrogen-bond donors (Lipinski definition) is 0. The van der Waals surface area contributed by atoms with Gasteiger partial charge in [0.25, 0.3) is 11.6 Å². The summed E-state index contributed by atoms with van der Waals surface area (Å²) < 4.78 is 6.99. The van der Waals surface area contributed by atoms with E-state index in [1.165, 1.54) is 6.07 Å². The summed E-state index contributed by atoms with van der Waals surface area (Å²) in [6.45, 7) is 1.55. The van der Waals surface area contributed by atoms with E-state index in [2.05, 4.69) is 4.98 Å². The molecule has 0 amide bonds. The molecule has 0 N–H and O–H groups in total. The minimum absolute atomic E-state index is 0.238. The van der Waals surface area contributed by atoms with E-state index in [1.54, 1.807) is 6.20 Å². The smallest absolute Gasteiger partial charge is 0.299 e. The Hall–Kier alpha value is -1.32. The molecule has 0 saturated heterocycles. The topological polar surface area (TPSA) is 44.1 Å². The van der Waals surface area contributed by atoms with Crippen LogP contribution in [0.2, 0.25) is 0 Å². The molecular formula is C7H8N2O2. The third-order valence-electron chi connectivity index (χ3n) is 1.62. The molecule has 1 aromatic heterocycles. The predicted octanol–water partition coefficient (Wildman–Crippen LogP) is 0.0258. The highest BCUT2D eigenvalue weighted by molar-refractivity contribution is 5.00. The van der Waals surface area contributed by atoms with Crippen LogP contribution in [-0.2, 0) is 6.54 Å². The molecule has 2 rings (SSSR count). The van der Waals surface area contributed by atoms with Gasteiger partial charge in [-0.05, 0) is 6.42 Å². The largest absolute Gasteiger partial charge is 0.465 e. The Morgan fingerprint density at radius 3 is 3.45 bits per heavy atom. The zero-order valence-corrected chi connectivity index (χ0v) is 5.99. The van der Waals surface area contributed by atoms with E-state index < -0.39 is 0 Å². The molecule has 0 bridgehead atoms. The molecule has 0 fully saturated rings. The molecular weight excluding hydrogens is 144 g/mol. The van der Waals surface area contributed by atoms with Gasteiger partial charge in [-0.15, -0.1) is 0 Å². The molecule has 0 spiro atoms. The van der Waals surface area contributed by atoms with Gasteiger partial charge in [0.1, 0.15) is 0 Å². The highest BCUT2D eigenvalue weighted by Gasteiger charge is 2.08.